The maximum absolute atomic E-state index is 11.8. The molecule has 2 heterocycles. The lowest BCUT2D eigenvalue weighted by atomic mass is 9.95. The van der Waals surface area contributed by atoms with Gasteiger partial charge in [-0.15, -0.1) is 0 Å². The van der Waals surface area contributed by atoms with E-state index in [-0.39, 0.29) is 23.7 Å². The van der Waals surface area contributed by atoms with E-state index in [1.807, 2.05) is 13.8 Å². The highest BCUT2D eigenvalue weighted by atomic mass is 16.5. The van der Waals surface area contributed by atoms with Gasteiger partial charge in [-0.1, -0.05) is 0 Å². The average molecular weight is 228 g/mol. The zero-order valence-electron chi connectivity index (χ0n) is 9.91. The number of hydrogen-bond donors (Lipinski definition) is 2. The lowest BCUT2D eigenvalue weighted by Crippen LogP contribution is -2.55. The van der Waals surface area contributed by atoms with Crippen molar-refractivity contribution in [1.82, 2.24) is 10.6 Å². The molecule has 3 unspecified atom stereocenters. The van der Waals surface area contributed by atoms with Crippen LogP contribution < -0.4 is 10.6 Å². The van der Waals surface area contributed by atoms with Gasteiger partial charge in [-0.05, 0) is 26.7 Å². The lowest BCUT2D eigenvalue weighted by Gasteiger charge is -2.29. The molecule has 2 N–H and O–H groups in total. The molecular formula is C11H20N2O3. The fraction of sp³-hybridized carbons (Fsp3) is 0.909. The molecule has 0 aromatic carbocycles. The first-order valence-corrected chi connectivity index (χ1v) is 5.88. The van der Waals surface area contributed by atoms with E-state index >= 15 is 0 Å². The van der Waals surface area contributed by atoms with Gasteiger partial charge in [0.05, 0.1) is 24.3 Å². The highest BCUT2D eigenvalue weighted by molar-refractivity contribution is 5.75. The molecule has 2 rings (SSSR count). The summed E-state index contributed by atoms with van der Waals surface area (Å²) in [6.07, 6.45) is 1.83. The van der Waals surface area contributed by atoms with E-state index in [4.69, 9.17) is 9.47 Å². The maximum atomic E-state index is 11.8. The van der Waals surface area contributed by atoms with Crippen LogP contribution in [0.15, 0.2) is 0 Å². The SMILES string of the molecule is CC1OCCC1(C)NC(=O)NC1CCOC1. The minimum Gasteiger partial charge on any atom is -0.379 e. The second kappa shape index (κ2) is 4.59. The van der Waals surface area contributed by atoms with Crippen LogP contribution in [0.25, 0.3) is 0 Å². The molecule has 2 fully saturated rings. The van der Waals surface area contributed by atoms with Crippen LogP contribution >= 0.6 is 0 Å². The summed E-state index contributed by atoms with van der Waals surface area (Å²) in [6.45, 7) is 6.09. The normalized spacial score (nSPS) is 38.6. The van der Waals surface area contributed by atoms with E-state index < -0.39 is 0 Å². The van der Waals surface area contributed by atoms with Crippen molar-refractivity contribution in [2.24, 2.45) is 0 Å². The van der Waals surface area contributed by atoms with Crippen LogP contribution in [0.2, 0.25) is 0 Å². The first-order chi connectivity index (χ1) is 7.60. The predicted octanol–water partition coefficient (Wildman–Crippen LogP) is 0.642. The third-order valence-electron chi connectivity index (χ3n) is 3.55. The topological polar surface area (TPSA) is 59.6 Å². The number of hydrogen-bond acceptors (Lipinski definition) is 3. The summed E-state index contributed by atoms with van der Waals surface area (Å²) in [5, 5.41) is 5.92. The van der Waals surface area contributed by atoms with E-state index in [1.54, 1.807) is 0 Å². The second-order valence-corrected chi connectivity index (χ2v) is 4.84. The van der Waals surface area contributed by atoms with E-state index in [1.165, 1.54) is 0 Å². The van der Waals surface area contributed by atoms with Gasteiger partial charge in [0.1, 0.15) is 0 Å². The number of nitrogens with one attached hydrogen (secondary N) is 2. The molecule has 5 heteroatoms. The molecule has 5 nitrogen and oxygen atoms in total. The molecule has 2 aliphatic rings. The van der Waals surface area contributed by atoms with Crippen molar-refractivity contribution < 1.29 is 14.3 Å². The van der Waals surface area contributed by atoms with Gasteiger partial charge in [-0.3, -0.25) is 0 Å². The Labute approximate surface area is 95.9 Å². The Kier molecular flexibility index (Phi) is 3.35. The minimum absolute atomic E-state index is 0.0677. The number of ether oxygens (including phenoxy) is 2. The second-order valence-electron chi connectivity index (χ2n) is 4.84. The van der Waals surface area contributed by atoms with Gasteiger partial charge in [-0.2, -0.15) is 0 Å². The van der Waals surface area contributed by atoms with Crippen molar-refractivity contribution in [3.05, 3.63) is 0 Å². The zero-order valence-corrected chi connectivity index (χ0v) is 9.91. The van der Waals surface area contributed by atoms with E-state index in [9.17, 15) is 4.79 Å². The molecule has 2 amide bonds. The lowest BCUT2D eigenvalue weighted by molar-refractivity contribution is 0.0909. The summed E-state index contributed by atoms with van der Waals surface area (Å²) >= 11 is 0. The first kappa shape index (κ1) is 11.7. The molecule has 0 radical (unpaired) electrons. The molecule has 0 aliphatic carbocycles. The van der Waals surface area contributed by atoms with Crippen LogP contribution in [0.3, 0.4) is 0 Å². The van der Waals surface area contributed by atoms with Crippen LogP contribution in [0, 0.1) is 0 Å². The third kappa shape index (κ3) is 2.47. The fourth-order valence-electron chi connectivity index (χ4n) is 2.13. The fourth-order valence-corrected chi connectivity index (χ4v) is 2.13. The van der Waals surface area contributed by atoms with E-state index in [2.05, 4.69) is 10.6 Å². The van der Waals surface area contributed by atoms with Crippen LogP contribution in [0.1, 0.15) is 26.7 Å². The van der Waals surface area contributed by atoms with Crippen LogP contribution in [0.4, 0.5) is 4.79 Å². The van der Waals surface area contributed by atoms with Gasteiger partial charge >= 0.3 is 6.03 Å². The summed E-state index contributed by atoms with van der Waals surface area (Å²) < 4.78 is 10.7. The number of urea groups is 1. The number of amides is 2. The summed E-state index contributed by atoms with van der Waals surface area (Å²) in [7, 11) is 0. The summed E-state index contributed by atoms with van der Waals surface area (Å²) in [4.78, 5) is 11.8. The van der Waals surface area contributed by atoms with Gasteiger partial charge in [-0.25, -0.2) is 4.79 Å². The molecule has 0 aromatic rings. The zero-order chi connectivity index (χ0) is 11.6. The number of carbonyl (C=O) groups is 1. The largest absolute Gasteiger partial charge is 0.379 e. The molecule has 0 spiro atoms. The van der Waals surface area contributed by atoms with Gasteiger partial charge in [0.25, 0.3) is 0 Å². The summed E-state index contributed by atoms with van der Waals surface area (Å²) in [5.74, 6) is 0. The predicted molar refractivity (Wildman–Crippen MR) is 59.3 cm³/mol. The Hall–Kier alpha value is -0.810. The molecule has 0 saturated carbocycles. The molecule has 2 saturated heterocycles. The number of rotatable bonds is 2. The summed E-state index contributed by atoms with van der Waals surface area (Å²) in [6, 6.07) is 0.0385. The third-order valence-corrected chi connectivity index (χ3v) is 3.55. The quantitative estimate of drug-likeness (QED) is 0.729. The molecule has 0 aromatic heterocycles. The highest BCUT2D eigenvalue weighted by Gasteiger charge is 2.38. The van der Waals surface area contributed by atoms with Crippen LogP contribution in [-0.2, 0) is 9.47 Å². The standard InChI is InChI=1S/C11H20N2O3/c1-8-11(2,4-6-16-8)13-10(14)12-9-3-5-15-7-9/h8-9H,3-7H2,1-2H3,(H2,12,13,14). The Balaban J connectivity index is 1.81. The van der Waals surface area contributed by atoms with Gasteiger partial charge in [0.15, 0.2) is 0 Å². The van der Waals surface area contributed by atoms with E-state index in [0.29, 0.717) is 13.2 Å². The van der Waals surface area contributed by atoms with Crippen LogP contribution in [0.5, 0.6) is 0 Å². The van der Waals surface area contributed by atoms with Crippen molar-refractivity contribution in [2.75, 3.05) is 19.8 Å². The average Bonchev–Trinajstić information content (AvgIpc) is 2.79. The first-order valence-electron chi connectivity index (χ1n) is 5.88. The van der Waals surface area contributed by atoms with Crippen molar-refractivity contribution in [2.45, 2.75) is 44.4 Å². The molecule has 92 valence electrons. The Morgan fingerprint density at radius 1 is 1.44 bits per heavy atom. The van der Waals surface area contributed by atoms with Gasteiger partial charge in [0, 0.05) is 13.2 Å². The van der Waals surface area contributed by atoms with Crippen molar-refractivity contribution in [3.8, 4) is 0 Å². The molecular weight excluding hydrogens is 208 g/mol. The summed E-state index contributed by atoms with van der Waals surface area (Å²) in [5.41, 5.74) is -0.246. The Morgan fingerprint density at radius 3 is 2.81 bits per heavy atom. The highest BCUT2D eigenvalue weighted by Crippen LogP contribution is 2.24. The number of carbonyl (C=O) groups excluding carboxylic acids is 1. The van der Waals surface area contributed by atoms with Crippen molar-refractivity contribution in [3.63, 3.8) is 0 Å². The monoisotopic (exact) mass is 228 g/mol. The molecule has 2 aliphatic heterocycles. The smallest absolute Gasteiger partial charge is 0.315 e. The molecule has 16 heavy (non-hydrogen) atoms. The van der Waals surface area contributed by atoms with E-state index in [0.717, 1.165) is 19.4 Å². The molecule has 3 atom stereocenters. The van der Waals surface area contributed by atoms with Gasteiger partial charge in [0.2, 0.25) is 0 Å². The molecule has 0 bridgehead atoms. The Morgan fingerprint density at radius 2 is 2.25 bits per heavy atom. The van der Waals surface area contributed by atoms with Crippen molar-refractivity contribution >= 4 is 6.03 Å². The Bertz CT molecular complexity index is 266. The van der Waals surface area contributed by atoms with Gasteiger partial charge < -0.3 is 20.1 Å². The van der Waals surface area contributed by atoms with Crippen molar-refractivity contribution in [1.29, 1.82) is 0 Å². The minimum atomic E-state index is -0.246. The maximum Gasteiger partial charge on any atom is 0.315 e. The van der Waals surface area contributed by atoms with Crippen LogP contribution in [-0.4, -0.2) is 43.5 Å².